The van der Waals surface area contributed by atoms with E-state index in [9.17, 15) is 28.2 Å². The number of imidazole rings is 1. The zero-order valence-corrected chi connectivity index (χ0v) is 29.0. The van der Waals surface area contributed by atoms with Gasteiger partial charge in [-0.2, -0.15) is 0 Å². The smallest absolute Gasteiger partial charge is 0.243 e. The van der Waals surface area contributed by atoms with Crippen LogP contribution in [0.2, 0.25) is 0 Å². The van der Waals surface area contributed by atoms with Gasteiger partial charge in [-0.05, 0) is 64.6 Å². The lowest BCUT2D eigenvalue weighted by Gasteiger charge is -2.32. The Balaban J connectivity index is 1.77. The van der Waals surface area contributed by atoms with E-state index in [0.29, 0.717) is 30.9 Å². The zero-order valence-electron chi connectivity index (χ0n) is 28.2. The number of aliphatic hydroxyl groups excluding tert-OH is 2. The van der Waals surface area contributed by atoms with Gasteiger partial charge in [-0.1, -0.05) is 62.4 Å². The average Bonchev–Trinajstić information content (AvgIpc) is 3.57. The molecular weight excluding hydrogens is 620 g/mol. The Kier molecular flexibility index (Phi) is 16.3. The summed E-state index contributed by atoms with van der Waals surface area (Å²) < 4.78 is 26.8. The van der Waals surface area contributed by atoms with Crippen molar-refractivity contribution in [2.75, 3.05) is 20.1 Å². The maximum Gasteiger partial charge on any atom is 0.243 e. The third-order valence-corrected chi connectivity index (χ3v) is 10.8. The van der Waals surface area contributed by atoms with Crippen molar-refractivity contribution in [1.29, 1.82) is 0 Å². The summed E-state index contributed by atoms with van der Waals surface area (Å²) in [5.41, 5.74) is 1.65. The minimum absolute atomic E-state index is 0.126. The van der Waals surface area contributed by atoms with Gasteiger partial charge in [-0.15, -0.1) is 0 Å². The first-order valence-electron chi connectivity index (χ1n) is 17.1. The van der Waals surface area contributed by atoms with E-state index < -0.39 is 45.5 Å². The number of sulfonamides is 1. The molecule has 1 aromatic heterocycles. The maximum absolute atomic E-state index is 14.0. The molecule has 0 bridgehead atoms. The average molecular weight is 677 g/mol. The van der Waals surface area contributed by atoms with Crippen LogP contribution in [0.5, 0.6) is 0 Å². The fraction of sp³-hybridized carbons (Fsp3) is 0.676. The molecular formula is C34H56N6O6S. The number of benzene rings is 1. The fourth-order valence-corrected chi connectivity index (χ4v) is 6.90. The molecule has 0 radical (unpaired) electrons. The Morgan fingerprint density at radius 2 is 1.74 bits per heavy atom. The standard InChI is InChI=1S/C34H56N6O6S/c1-24(2)47(45,46)38-22-29(41)20-32(42)30(18-26-13-8-5-9-14-26)39-34(44)31(19-28-21-36-23-37-28)40-33(43)27(15-10-16-35-3)17-25-11-6-4-7-12-25/h4,6-7,11-12,21,23-24,26-27,29-32,35,38,41-42H,5,8-10,13-20,22H2,1-3H3,(H,36,37)(H,39,44)(H,40,43)/t27?,29-,30+,31?,32+/m1/s1. The van der Waals surface area contributed by atoms with E-state index in [1.165, 1.54) is 6.33 Å². The van der Waals surface area contributed by atoms with Gasteiger partial charge >= 0.3 is 0 Å². The molecule has 1 saturated carbocycles. The molecule has 47 heavy (non-hydrogen) atoms. The monoisotopic (exact) mass is 676 g/mol. The van der Waals surface area contributed by atoms with Crippen molar-refractivity contribution in [1.82, 2.24) is 30.6 Å². The molecule has 2 unspecified atom stereocenters. The molecule has 1 aliphatic rings. The molecule has 0 saturated heterocycles. The number of carbonyl (C=O) groups is 2. The van der Waals surface area contributed by atoms with Crippen molar-refractivity contribution in [3.8, 4) is 0 Å². The summed E-state index contributed by atoms with van der Waals surface area (Å²) in [6.07, 6.45) is 8.71. The lowest BCUT2D eigenvalue weighted by Crippen LogP contribution is -2.55. The van der Waals surface area contributed by atoms with Gasteiger partial charge in [0.1, 0.15) is 6.04 Å². The second kappa shape index (κ2) is 19.9. The van der Waals surface area contributed by atoms with E-state index in [4.69, 9.17) is 0 Å². The topological polar surface area (TPSA) is 186 Å². The van der Waals surface area contributed by atoms with Crippen LogP contribution in [0, 0.1) is 11.8 Å². The number of aromatic amines is 1. The second-order valence-corrected chi connectivity index (χ2v) is 15.5. The van der Waals surface area contributed by atoms with Crippen LogP contribution in [-0.4, -0.2) is 90.1 Å². The van der Waals surface area contributed by atoms with Crippen LogP contribution < -0.4 is 20.7 Å². The molecule has 5 atom stereocenters. The predicted molar refractivity (Wildman–Crippen MR) is 183 cm³/mol. The van der Waals surface area contributed by atoms with Gasteiger partial charge in [-0.3, -0.25) is 9.59 Å². The molecule has 1 aromatic carbocycles. The van der Waals surface area contributed by atoms with Crippen molar-refractivity contribution < 1.29 is 28.2 Å². The van der Waals surface area contributed by atoms with Crippen LogP contribution in [0.4, 0.5) is 0 Å². The Bertz CT molecular complexity index is 1290. The fourth-order valence-electron chi connectivity index (χ4n) is 6.14. The Hall–Kier alpha value is -2.84. The highest BCUT2D eigenvalue weighted by Gasteiger charge is 2.32. The quantitative estimate of drug-likeness (QED) is 0.0981. The number of hydrogen-bond acceptors (Lipinski definition) is 8. The number of aromatic nitrogens is 2. The number of nitrogens with zero attached hydrogens (tertiary/aromatic N) is 1. The number of amides is 2. The number of hydrogen-bond donors (Lipinski definition) is 7. The van der Waals surface area contributed by atoms with Crippen LogP contribution in [0.15, 0.2) is 42.9 Å². The number of rotatable bonds is 21. The normalized spacial score (nSPS) is 17.5. The SMILES string of the molecule is CNCCCC(Cc1ccccc1)C(=O)NC(Cc1c[nH]cn1)C(=O)N[C@@H](CC1CCCCC1)[C@@H](O)C[C@@H](O)CNS(=O)(=O)C(C)C. The Morgan fingerprint density at radius 3 is 2.38 bits per heavy atom. The first-order chi connectivity index (χ1) is 22.5. The highest BCUT2D eigenvalue weighted by atomic mass is 32.2. The van der Waals surface area contributed by atoms with Gasteiger partial charge in [-0.25, -0.2) is 18.1 Å². The van der Waals surface area contributed by atoms with Gasteiger partial charge in [0.15, 0.2) is 0 Å². The third kappa shape index (κ3) is 13.7. The molecule has 1 aliphatic carbocycles. The number of H-pyrrole nitrogens is 1. The van der Waals surface area contributed by atoms with Crippen LogP contribution >= 0.6 is 0 Å². The van der Waals surface area contributed by atoms with E-state index in [0.717, 1.165) is 50.6 Å². The molecule has 12 nitrogen and oxygen atoms in total. The van der Waals surface area contributed by atoms with E-state index in [1.807, 2.05) is 37.4 Å². The van der Waals surface area contributed by atoms with Crippen molar-refractivity contribution >= 4 is 21.8 Å². The second-order valence-electron chi connectivity index (χ2n) is 13.2. The minimum Gasteiger partial charge on any atom is -0.392 e. The number of nitrogens with one attached hydrogen (secondary N) is 5. The third-order valence-electron chi connectivity index (χ3n) is 9.03. The molecule has 7 N–H and O–H groups in total. The zero-order chi connectivity index (χ0) is 34.2. The van der Waals surface area contributed by atoms with Crippen LogP contribution in [0.25, 0.3) is 0 Å². The number of aliphatic hydroxyl groups is 2. The van der Waals surface area contributed by atoms with Gasteiger partial charge in [0, 0.05) is 31.5 Å². The molecule has 1 fully saturated rings. The maximum atomic E-state index is 14.0. The van der Waals surface area contributed by atoms with Gasteiger partial charge in [0.05, 0.1) is 35.5 Å². The van der Waals surface area contributed by atoms with Crippen molar-refractivity contribution in [3.63, 3.8) is 0 Å². The molecule has 0 aliphatic heterocycles. The van der Waals surface area contributed by atoms with E-state index >= 15 is 0 Å². The molecule has 2 amide bonds. The lowest BCUT2D eigenvalue weighted by atomic mass is 9.83. The molecule has 1 heterocycles. The van der Waals surface area contributed by atoms with E-state index in [-0.39, 0.29) is 31.2 Å². The molecule has 2 aromatic rings. The van der Waals surface area contributed by atoms with E-state index in [1.54, 1.807) is 20.0 Å². The van der Waals surface area contributed by atoms with Crippen LogP contribution in [0.3, 0.4) is 0 Å². The summed E-state index contributed by atoms with van der Waals surface area (Å²) in [6.45, 7) is 3.62. The van der Waals surface area contributed by atoms with Gasteiger partial charge in [0.25, 0.3) is 0 Å². The van der Waals surface area contributed by atoms with Crippen molar-refractivity contribution in [2.45, 2.75) is 114 Å². The molecule has 264 valence electrons. The minimum atomic E-state index is -3.59. The predicted octanol–water partition coefficient (Wildman–Crippen LogP) is 2.19. The first kappa shape index (κ1) is 38.6. The molecule has 13 heteroatoms. The van der Waals surface area contributed by atoms with Crippen molar-refractivity contribution in [2.24, 2.45) is 11.8 Å². The Morgan fingerprint density at radius 1 is 1.02 bits per heavy atom. The van der Waals surface area contributed by atoms with E-state index in [2.05, 4.69) is 30.6 Å². The lowest BCUT2D eigenvalue weighted by molar-refractivity contribution is -0.132. The van der Waals surface area contributed by atoms with Crippen LogP contribution in [0.1, 0.15) is 82.9 Å². The first-order valence-corrected chi connectivity index (χ1v) is 18.6. The molecule has 3 rings (SSSR count). The van der Waals surface area contributed by atoms with Crippen LogP contribution in [-0.2, 0) is 32.5 Å². The summed E-state index contributed by atoms with van der Waals surface area (Å²) >= 11 is 0. The summed E-state index contributed by atoms with van der Waals surface area (Å²) in [7, 11) is -1.71. The highest BCUT2D eigenvalue weighted by molar-refractivity contribution is 7.90. The number of carbonyl (C=O) groups excluding carboxylic acids is 2. The summed E-state index contributed by atoms with van der Waals surface area (Å²) in [5, 5.41) is 30.5. The van der Waals surface area contributed by atoms with Gasteiger partial charge < -0.3 is 31.1 Å². The highest BCUT2D eigenvalue weighted by Crippen LogP contribution is 2.28. The summed E-state index contributed by atoms with van der Waals surface area (Å²) in [5.74, 6) is -0.724. The summed E-state index contributed by atoms with van der Waals surface area (Å²) in [6, 6.07) is 8.16. The van der Waals surface area contributed by atoms with Gasteiger partial charge in [0.2, 0.25) is 21.8 Å². The summed E-state index contributed by atoms with van der Waals surface area (Å²) in [4.78, 5) is 35.0. The van der Waals surface area contributed by atoms with Crippen molar-refractivity contribution in [3.05, 3.63) is 54.1 Å². The molecule has 0 spiro atoms. The Labute approximate surface area is 280 Å². The largest absolute Gasteiger partial charge is 0.392 e.